The number of aromatic nitrogens is 1. The number of esters is 1. The zero-order valence-corrected chi connectivity index (χ0v) is 13.0. The predicted octanol–water partition coefficient (Wildman–Crippen LogP) is -0.302. The topological polar surface area (TPSA) is 112 Å². The number of rotatable bonds is 6. The molecule has 0 radical (unpaired) electrons. The molecule has 2 N–H and O–H groups in total. The Morgan fingerprint density at radius 2 is 2.05 bits per heavy atom. The van der Waals surface area contributed by atoms with E-state index in [1.165, 1.54) is 35.9 Å². The van der Waals surface area contributed by atoms with E-state index in [4.69, 9.17) is 5.14 Å². The van der Waals surface area contributed by atoms with Crippen molar-refractivity contribution in [2.75, 3.05) is 20.2 Å². The normalized spacial score (nSPS) is 11.2. The van der Waals surface area contributed by atoms with Crippen LogP contribution in [0, 0.1) is 0 Å². The fraction of sp³-hybridized carbons (Fsp3) is 0.500. The Labute approximate surface area is 123 Å². The van der Waals surface area contributed by atoms with E-state index >= 15 is 0 Å². The minimum absolute atomic E-state index is 0.136. The van der Waals surface area contributed by atoms with Crippen molar-refractivity contribution in [3.8, 4) is 0 Å². The molecule has 0 fully saturated rings. The molecule has 0 atom stereocenters. The Balaban J connectivity index is 3.09. The van der Waals surface area contributed by atoms with Crippen molar-refractivity contribution in [3.63, 3.8) is 0 Å². The lowest BCUT2D eigenvalue weighted by Gasteiger charge is -2.20. The number of methoxy groups -OCH3 is 1. The average molecular weight is 317 g/mol. The summed E-state index contributed by atoms with van der Waals surface area (Å²) in [5.74, 6) is -1.00. The van der Waals surface area contributed by atoms with Crippen LogP contribution in [0.4, 0.5) is 0 Å². The Morgan fingerprint density at radius 1 is 1.43 bits per heavy atom. The molecule has 0 spiro atoms. The van der Waals surface area contributed by atoms with Crippen LogP contribution in [0.15, 0.2) is 17.2 Å². The molecule has 0 aliphatic rings. The number of carbonyl (C=O) groups is 2. The van der Waals surface area contributed by atoms with E-state index in [1.807, 2.05) is 6.92 Å². The quantitative estimate of drug-likeness (QED) is 0.724. The monoisotopic (exact) mass is 317 g/mol. The maximum absolute atomic E-state index is 12.4. The van der Waals surface area contributed by atoms with Gasteiger partial charge in [-0.25, -0.2) is 13.6 Å². The highest BCUT2D eigenvalue weighted by atomic mass is 32.2. The van der Waals surface area contributed by atoms with E-state index in [-0.39, 0.29) is 17.1 Å². The van der Waals surface area contributed by atoms with Crippen LogP contribution in [-0.4, -0.2) is 50.0 Å². The molecule has 1 heterocycles. The second kappa shape index (κ2) is 6.72. The van der Waals surface area contributed by atoms with Crippen molar-refractivity contribution in [2.24, 2.45) is 12.2 Å². The molecule has 0 saturated carbocycles. The lowest BCUT2D eigenvalue weighted by molar-refractivity contribution is -0.141. The third-order valence-corrected chi connectivity index (χ3v) is 3.74. The maximum Gasteiger partial charge on any atom is 0.325 e. The zero-order valence-electron chi connectivity index (χ0n) is 12.2. The number of sulfonamides is 1. The van der Waals surface area contributed by atoms with Crippen molar-refractivity contribution >= 4 is 21.9 Å². The molecule has 8 nitrogen and oxygen atoms in total. The third-order valence-electron chi connectivity index (χ3n) is 2.86. The first kappa shape index (κ1) is 17.2. The van der Waals surface area contributed by atoms with Crippen LogP contribution < -0.4 is 5.14 Å². The molecule has 0 aliphatic heterocycles. The van der Waals surface area contributed by atoms with Gasteiger partial charge in [0.25, 0.3) is 5.91 Å². The highest BCUT2D eigenvalue weighted by Gasteiger charge is 2.23. The van der Waals surface area contributed by atoms with Crippen LogP contribution in [0.5, 0.6) is 0 Å². The fourth-order valence-electron chi connectivity index (χ4n) is 1.81. The summed E-state index contributed by atoms with van der Waals surface area (Å²) < 4.78 is 28.5. The van der Waals surface area contributed by atoms with Crippen LogP contribution in [0.2, 0.25) is 0 Å². The van der Waals surface area contributed by atoms with Crippen LogP contribution in [-0.2, 0) is 26.6 Å². The first-order valence-corrected chi connectivity index (χ1v) is 7.80. The van der Waals surface area contributed by atoms with Gasteiger partial charge in [-0.15, -0.1) is 0 Å². The number of primary sulfonamides is 1. The second-order valence-electron chi connectivity index (χ2n) is 4.52. The van der Waals surface area contributed by atoms with Crippen molar-refractivity contribution in [2.45, 2.75) is 18.2 Å². The first-order chi connectivity index (χ1) is 9.70. The number of ether oxygens (including phenoxy) is 1. The molecular weight excluding hydrogens is 298 g/mol. The van der Waals surface area contributed by atoms with E-state index in [0.29, 0.717) is 13.0 Å². The van der Waals surface area contributed by atoms with Crippen molar-refractivity contribution in [1.82, 2.24) is 9.47 Å². The summed E-state index contributed by atoms with van der Waals surface area (Å²) in [4.78, 5) is 24.9. The van der Waals surface area contributed by atoms with Crippen LogP contribution in [0.3, 0.4) is 0 Å². The van der Waals surface area contributed by atoms with E-state index in [2.05, 4.69) is 4.74 Å². The predicted molar refractivity (Wildman–Crippen MR) is 75.0 cm³/mol. The van der Waals surface area contributed by atoms with Gasteiger partial charge in [-0.05, 0) is 12.5 Å². The lowest BCUT2D eigenvalue weighted by Crippen LogP contribution is -2.37. The van der Waals surface area contributed by atoms with Gasteiger partial charge in [0.05, 0.1) is 7.11 Å². The van der Waals surface area contributed by atoms with Gasteiger partial charge in [-0.3, -0.25) is 9.59 Å². The van der Waals surface area contributed by atoms with Gasteiger partial charge < -0.3 is 14.2 Å². The standard InChI is InChI=1S/C12H19N3O5S/c1-4-5-15(8-11(16)20-3)12(17)10-6-9(7-14(10)2)21(13,18)19/h6-7H,4-5,8H2,1-3H3,(H2,13,18,19). The van der Waals surface area contributed by atoms with E-state index < -0.39 is 21.9 Å². The number of hydrogen-bond donors (Lipinski definition) is 1. The maximum atomic E-state index is 12.4. The summed E-state index contributed by atoms with van der Waals surface area (Å²) in [6, 6.07) is 1.19. The molecule has 0 saturated heterocycles. The Bertz CT molecular complexity index is 635. The molecule has 0 aliphatic carbocycles. The highest BCUT2D eigenvalue weighted by molar-refractivity contribution is 7.89. The molecule has 1 rings (SSSR count). The summed E-state index contributed by atoms with van der Waals surface area (Å²) in [7, 11) is -1.12. The molecule has 1 amide bonds. The number of nitrogens with two attached hydrogens (primary N) is 1. The molecule has 0 bridgehead atoms. The van der Waals surface area contributed by atoms with E-state index in [1.54, 1.807) is 0 Å². The SMILES string of the molecule is CCCN(CC(=O)OC)C(=O)c1cc(S(N)(=O)=O)cn1C. The zero-order chi connectivity index (χ0) is 16.2. The number of hydrogen-bond acceptors (Lipinski definition) is 5. The summed E-state index contributed by atoms with van der Waals surface area (Å²) >= 11 is 0. The minimum Gasteiger partial charge on any atom is -0.468 e. The van der Waals surface area contributed by atoms with Crippen molar-refractivity contribution in [1.29, 1.82) is 0 Å². The number of aryl methyl sites for hydroxylation is 1. The van der Waals surface area contributed by atoms with E-state index in [9.17, 15) is 18.0 Å². The largest absolute Gasteiger partial charge is 0.468 e. The summed E-state index contributed by atoms with van der Waals surface area (Å²) in [6.07, 6.45) is 1.90. The van der Waals surface area contributed by atoms with Gasteiger partial charge in [0.1, 0.15) is 17.1 Å². The molecule has 0 unspecified atom stereocenters. The third kappa shape index (κ3) is 4.30. The summed E-state index contributed by atoms with van der Waals surface area (Å²) in [6.45, 7) is 2.02. The van der Waals surface area contributed by atoms with Crippen molar-refractivity contribution < 1.29 is 22.7 Å². The number of nitrogens with zero attached hydrogens (tertiary/aromatic N) is 2. The van der Waals surface area contributed by atoms with Gasteiger partial charge in [-0.1, -0.05) is 6.92 Å². The minimum atomic E-state index is -3.89. The molecule has 118 valence electrons. The number of amides is 1. The molecule has 0 aromatic carbocycles. The van der Waals surface area contributed by atoms with Gasteiger partial charge in [0.15, 0.2) is 0 Å². The van der Waals surface area contributed by atoms with Crippen LogP contribution >= 0.6 is 0 Å². The average Bonchev–Trinajstić information content (AvgIpc) is 2.79. The first-order valence-electron chi connectivity index (χ1n) is 6.26. The number of carbonyl (C=O) groups excluding carboxylic acids is 2. The van der Waals surface area contributed by atoms with Crippen LogP contribution in [0.25, 0.3) is 0 Å². The summed E-state index contributed by atoms with van der Waals surface area (Å²) in [5.41, 5.74) is 0.136. The second-order valence-corrected chi connectivity index (χ2v) is 6.08. The van der Waals surface area contributed by atoms with Crippen LogP contribution in [0.1, 0.15) is 23.8 Å². The molecule has 1 aromatic heterocycles. The molecule has 21 heavy (non-hydrogen) atoms. The van der Waals surface area contributed by atoms with Gasteiger partial charge in [-0.2, -0.15) is 0 Å². The smallest absolute Gasteiger partial charge is 0.325 e. The fourth-order valence-corrected chi connectivity index (χ4v) is 2.39. The summed E-state index contributed by atoms with van der Waals surface area (Å²) in [5, 5.41) is 5.04. The van der Waals surface area contributed by atoms with Crippen molar-refractivity contribution in [3.05, 3.63) is 18.0 Å². The van der Waals surface area contributed by atoms with Gasteiger partial charge in [0.2, 0.25) is 10.0 Å². The van der Waals surface area contributed by atoms with Gasteiger partial charge >= 0.3 is 5.97 Å². The molecular formula is C12H19N3O5S. The van der Waals surface area contributed by atoms with Gasteiger partial charge in [0, 0.05) is 19.8 Å². The molecule has 1 aromatic rings. The van der Waals surface area contributed by atoms with E-state index in [0.717, 1.165) is 0 Å². The Kier molecular flexibility index (Phi) is 5.50. The lowest BCUT2D eigenvalue weighted by atomic mass is 10.3. The Hall–Kier alpha value is -1.87. The Morgan fingerprint density at radius 3 is 2.48 bits per heavy atom. The molecule has 9 heteroatoms. The highest BCUT2D eigenvalue weighted by Crippen LogP contribution is 2.14.